The molecule has 1 heterocycles. The van der Waals surface area contributed by atoms with Crippen LogP contribution in [0.1, 0.15) is 55.2 Å². The first-order chi connectivity index (χ1) is 18.7. The third-order valence-corrected chi connectivity index (χ3v) is 7.45. The zero-order valence-electron chi connectivity index (χ0n) is 21.8. The maximum Gasteiger partial charge on any atom is 0.418 e. The number of aryl methyl sites for hydroxylation is 1. The van der Waals surface area contributed by atoms with Gasteiger partial charge in [0.05, 0.1) is 23.3 Å². The second-order valence-electron chi connectivity index (χ2n) is 10.2. The van der Waals surface area contributed by atoms with E-state index in [1.54, 1.807) is 0 Å². The van der Waals surface area contributed by atoms with Gasteiger partial charge in [-0.1, -0.05) is 0 Å². The molecule has 2 aromatic rings. The van der Waals surface area contributed by atoms with Crippen LogP contribution in [0.2, 0.25) is 0 Å². The maximum atomic E-state index is 13.2. The van der Waals surface area contributed by atoms with E-state index < -0.39 is 17.4 Å². The van der Waals surface area contributed by atoms with Crippen molar-refractivity contribution in [2.24, 2.45) is 5.18 Å². The number of hydrogen-bond acceptors (Lipinski definition) is 7. The van der Waals surface area contributed by atoms with Crippen molar-refractivity contribution in [3.8, 4) is 6.07 Å². The largest absolute Gasteiger partial charge is 0.418 e. The summed E-state index contributed by atoms with van der Waals surface area (Å²) in [5.74, 6) is -0.0357. The van der Waals surface area contributed by atoms with Crippen LogP contribution in [0.3, 0.4) is 0 Å². The van der Waals surface area contributed by atoms with E-state index in [1.165, 1.54) is 6.07 Å². The number of carbonyl (C=O) groups is 1. The molecular formula is C28H32F3N5O3. The number of piperidine rings is 1. The van der Waals surface area contributed by atoms with E-state index in [1.807, 2.05) is 30.0 Å². The minimum atomic E-state index is -4.66. The van der Waals surface area contributed by atoms with Crippen molar-refractivity contribution >= 4 is 23.0 Å². The van der Waals surface area contributed by atoms with Crippen molar-refractivity contribution in [1.82, 2.24) is 4.90 Å². The first-order valence-electron chi connectivity index (χ1n) is 13.1. The van der Waals surface area contributed by atoms with Gasteiger partial charge in [0, 0.05) is 36.5 Å². The fourth-order valence-electron chi connectivity index (χ4n) is 5.21. The summed E-state index contributed by atoms with van der Waals surface area (Å²) in [5, 5.41) is 18.2. The molecule has 0 atom stereocenters. The molecule has 208 valence electrons. The van der Waals surface area contributed by atoms with Gasteiger partial charge in [0.15, 0.2) is 0 Å². The van der Waals surface area contributed by atoms with Crippen molar-refractivity contribution in [1.29, 1.82) is 5.26 Å². The molecule has 1 aliphatic heterocycles. The molecule has 1 saturated carbocycles. The van der Waals surface area contributed by atoms with E-state index in [0.29, 0.717) is 50.0 Å². The van der Waals surface area contributed by atoms with Gasteiger partial charge in [-0.3, -0.25) is 4.79 Å². The molecule has 1 saturated heterocycles. The number of carbonyl (C=O) groups excluding carboxylic acids is 1. The van der Waals surface area contributed by atoms with Gasteiger partial charge in [-0.05, 0) is 92.6 Å². The van der Waals surface area contributed by atoms with Gasteiger partial charge in [0.2, 0.25) is 5.91 Å². The maximum absolute atomic E-state index is 13.2. The van der Waals surface area contributed by atoms with E-state index in [0.717, 1.165) is 36.2 Å². The van der Waals surface area contributed by atoms with Gasteiger partial charge < -0.3 is 20.3 Å². The van der Waals surface area contributed by atoms with E-state index in [4.69, 9.17) is 10.00 Å². The molecule has 2 aromatic carbocycles. The third-order valence-electron chi connectivity index (χ3n) is 7.45. The Kier molecular flexibility index (Phi) is 9.07. The van der Waals surface area contributed by atoms with Crippen LogP contribution in [-0.4, -0.2) is 48.7 Å². The van der Waals surface area contributed by atoms with Crippen LogP contribution in [0.25, 0.3) is 0 Å². The molecular weight excluding hydrogens is 511 g/mol. The summed E-state index contributed by atoms with van der Waals surface area (Å²) in [7, 11) is 0. The Labute approximate surface area is 225 Å². The van der Waals surface area contributed by atoms with Gasteiger partial charge >= 0.3 is 6.18 Å². The van der Waals surface area contributed by atoms with Gasteiger partial charge in [-0.2, -0.15) is 18.4 Å². The van der Waals surface area contributed by atoms with E-state index in [9.17, 15) is 22.9 Å². The number of nitriles is 1. The Morgan fingerprint density at radius 1 is 1.03 bits per heavy atom. The first kappa shape index (κ1) is 28.4. The number of likely N-dealkylation sites (tertiary alicyclic amines) is 1. The molecule has 4 rings (SSSR count). The van der Waals surface area contributed by atoms with Crippen molar-refractivity contribution in [3.63, 3.8) is 0 Å². The Morgan fingerprint density at radius 2 is 1.64 bits per heavy atom. The number of nitrogens with one attached hydrogen (secondary N) is 2. The standard InChI is InChI=1S/C28H32F3N5O3/c1-18-14-22(3-2-19(18)16-32)34-21-10-12-36(13-11-21)27(37)17-39-24-7-4-20(5-8-24)33-23-6-9-26(35-38)25(15-23)28(29,30)31/h2-3,6,9,14-15,20-21,24,33-34H,4-5,7-8,10-13,17H2,1H3. The number of benzene rings is 2. The van der Waals surface area contributed by atoms with Crippen molar-refractivity contribution in [2.45, 2.75) is 69.8 Å². The minimum Gasteiger partial charge on any atom is -0.382 e. The number of ether oxygens (including phenoxy) is 1. The van der Waals surface area contributed by atoms with Gasteiger partial charge in [-0.15, -0.1) is 4.91 Å². The predicted octanol–water partition coefficient (Wildman–Crippen LogP) is 6.13. The fourth-order valence-corrected chi connectivity index (χ4v) is 5.21. The number of rotatable bonds is 8. The molecule has 2 aliphatic rings. The van der Waals surface area contributed by atoms with E-state index >= 15 is 0 Å². The van der Waals surface area contributed by atoms with Crippen LogP contribution in [0.15, 0.2) is 41.6 Å². The highest BCUT2D eigenvalue weighted by Crippen LogP contribution is 2.38. The monoisotopic (exact) mass is 543 g/mol. The summed E-state index contributed by atoms with van der Waals surface area (Å²) >= 11 is 0. The molecule has 0 aromatic heterocycles. The van der Waals surface area contributed by atoms with Crippen LogP contribution in [0.4, 0.5) is 30.2 Å². The van der Waals surface area contributed by atoms with Gasteiger partial charge in [0.25, 0.3) is 0 Å². The lowest BCUT2D eigenvalue weighted by molar-refractivity contribution is -0.140. The quantitative estimate of drug-likeness (QED) is 0.388. The molecule has 0 spiro atoms. The molecule has 2 fully saturated rings. The highest BCUT2D eigenvalue weighted by Gasteiger charge is 2.35. The molecule has 1 aliphatic carbocycles. The number of nitroso groups, excluding NO2 is 1. The molecule has 2 N–H and O–H groups in total. The summed E-state index contributed by atoms with van der Waals surface area (Å²) in [6.45, 7) is 3.21. The van der Waals surface area contributed by atoms with Crippen LogP contribution in [0.5, 0.6) is 0 Å². The first-order valence-corrected chi connectivity index (χ1v) is 13.1. The lowest BCUT2D eigenvalue weighted by Gasteiger charge is -2.34. The number of nitrogens with zero attached hydrogens (tertiary/aromatic N) is 3. The molecule has 11 heteroatoms. The van der Waals surface area contributed by atoms with Gasteiger partial charge in [-0.25, -0.2) is 0 Å². The second-order valence-corrected chi connectivity index (χ2v) is 10.2. The minimum absolute atomic E-state index is 0.0186. The normalized spacial score (nSPS) is 20.2. The third kappa shape index (κ3) is 7.47. The van der Waals surface area contributed by atoms with Crippen LogP contribution < -0.4 is 10.6 Å². The Morgan fingerprint density at radius 3 is 2.23 bits per heavy atom. The Hall–Kier alpha value is -3.65. The summed E-state index contributed by atoms with van der Waals surface area (Å²) in [6, 6.07) is 11.5. The fraction of sp³-hybridized carbons (Fsp3) is 0.500. The average molecular weight is 544 g/mol. The highest BCUT2D eigenvalue weighted by molar-refractivity contribution is 5.77. The summed E-state index contributed by atoms with van der Waals surface area (Å²) < 4.78 is 45.5. The topological polar surface area (TPSA) is 107 Å². The Balaban J connectivity index is 1.17. The zero-order valence-corrected chi connectivity index (χ0v) is 21.8. The van der Waals surface area contributed by atoms with Gasteiger partial charge in [0.1, 0.15) is 12.3 Å². The highest BCUT2D eigenvalue weighted by atomic mass is 19.4. The lowest BCUT2D eigenvalue weighted by Crippen LogP contribution is -2.44. The number of anilines is 2. The van der Waals surface area contributed by atoms with Crippen molar-refractivity contribution < 1.29 is 22.7 Å². The summed E-state index contributed by atoms with van der Waals surface area (Å²) in [5.41, 5.74) is 1.17. The van der Waals surface area contributed by atoms with E-state index in [-0.39, 0.29) is 30.7 Å². The summed E-state index contributed by atoms with van der Waals surface area (Å²) in [4.78, 5) is 25.2. The zero-order chi connectivity index (χ0) is 28.0. The number of alkyl halides is 3. The molecule has 0 unspecified atom stereocenters. The lowest BCUT2D eigenvalue weighted by atomic mass is 9.92. The molecule has 0 bridgehead atoms. The molecule has 39 heavy (non-hydrogen) atoms. The Bertz CT molecular complexity index is 1210. The SMILES string of the molecule is Cc1cc(NC2CCN(C(=O)COC3CCC(Nc4ccc(N=O)c(C(F)(F)F)c4)CC3)CC2)ccc1C#N. The molecule has 0 radical (unpaired) electrons. The second kappa shape index (κ2) is 12.5. The number of halogens is 3. The average Bonchev–Trinajstić information content (AvgIpc) is 2.92. The predicted molar refractivity (Wildman–Crippen MR) is 142 cm³/mol. The smallest absolute Gasteiger partial charge is 0.382 e. The number of amides is 1. The van der Waals surface area contributed by atoms with Crippen LogP contribution in [0, 0.1) is 23.2 Å². The van der Waals surface area contributed by atoms with Crippen LogP contribution in [-0.2, 0) is 15.7 Å². The van der Waals surface area contributed by atoms with Crippen LogP contribution >= 0.6 is 0 Å². The van der Waals surface area contributed by atoms with Crippen molar-refractivity contribution in [3.05, 3.63) is 58.0 Å². The molecule has 1 amide bonds. The number of hydrogen-bond donors (Lipinski definition) is 2. The summed E-state index contributed by atoms with van der Waals surface area (Å²) in [6.07, 6.45) is -0.308. The molecule has 8 nitrogen and oxygen atoms in total. The van der Waals surface area contributed by atoms with E-state index in [2.05, 4.69) is 21.9 Å². The van der Waals surface area contributed by atoms with Crippen molar-refractivity contribution in [2.75, 3.05) is 30.3 Å².